The quantitative estimate of drug-likeness (QED) is 0.0202. The van der Waals surface area contributed by atoms with Gasteiger partial charge < -0.3 is 78.1 Å². The predicted molar refractivity (Wildman–Crippen MR) is 310 cm³/mol. The molecule has 0 aromatic heterocycles. The highest BCUT2D eigenvalue weighted by molar-refractivity contribution is 6.62. The van der Waals surface area contributed by atoms with Gasteiger partial charge in [-0.2, -0.15) is 0 Å². The molecular formula is C60H84B4O16. The summed E-state index contributed by atoms with van der Waals surface area (Å²) in [5, 5.41) is 94.2. The minimum atomic E-state index is -2.11. The number of rotatable bonds is 28. The standard InChI is InChI=1S/C60H84B4O16/c1-5-9-13-17-21-25-37-41-29-43-38(26-22-18-14-10-6-2)45-31-47-40(28-24-20-16-12-8-4)48-32-46-39(27-23-19-15-11-7-3)44-30-42(37)54-50(62(67)68)56(44)76-35-78-58(46)52(64(71)72)60(48)80-36-79-59(47)51(63(69)70)57(45)77-34-75-55(43)49(61(65)66)53(41)73-33-74-54/h29-32,37-40,65-72H,5-28,33-36H2,1-4H3. The molecule has 0 radical (unpaired) electrons. The van der Waals surface area contributed by atoms with E-state index in [9.17, 15) is 40.2 Å². The van der Waals surface area contributed by atoms with Crippen molar-refractivity contribution in [1.29, 1.82) is 0 Å². The van der Waals surface area contributed by atoms with Crippen LogP contribution < -0.4 is 59.7 Å². The zero-order valence-corrected chi connectivity index (χ0v) is 47.6. The summed E-state index contributed by atoms with van der Waals surface area (Å²) in [4.78, 5) is 0. The summed E-state index contributed by atoms with van der Waals surface area (Å²) in [5.41, 5.74) is 4.87. The molecule has 20 heteroatoms. The van der Waals surface area contributed by atoms with E-state index in [1.54, 1.807) is 0 Å². The van der Waals surface area contributed by atoms with Gasteiger partial charge in [0, 0.05) is 68.2 Å². The van der Waals surface area contributed by atoms with Crippen LogP contribution in [-0.2, 0) is 0 Å². The third-order valence-electron chi connectivity index (χ3n) is 17.3. The number of hydrogen-bond acceptors (Lipinski definition) is 16. The molecule has 80 heavy (non-hydrogen) atoms. The van der Waals surface area contributed by atoms with Crippen molar-refractivity contribution in [1.82, 2.24) is 0 Å². The summed E-state index contributed by atoms with van der Waals surface area (Å²) in [7, 11) is -8.43. The average Bonchev–Trinajstić information content (AvgIpc) is 3.60. The molecule has 8 N–H and O–H groups in total. The molecule has 0 unspecified atom stereocenters. The number of ether oxygens (including phenoxy) is 8. The number of hydrogen-bond donors (Lipinski definition) is 8. The molecule has 0 fully saturated rings. The van der Waals surface area contributed by atoms with Gasteiger partial charge in [-0.15, -0.1) is 0 Å². The molecule has 4 aromatic rings. The fraction of sp³-hybridized carbons (Fsp3) is 0.600. The second kappa shape index (κ2) is 28.0. The van der Waals surface area contributed by atoms with E-state index in [-0.39, 0.29) is 67.8 Å². The van der Waals surface area contributed by atoms with Crippen molar-refractivity contribution < 1.29 is 78.1 Å². The molecule has 4 heterocycles. The molecule has 0 saturated heterocycles. The molecule has 5 aliphatic rings. The summed E-state index contributed by atoms with van der Waals surface area (Å²) >= 11 is 0. The predicted octanol–water partition coefficient (Wildman–Crippen LogP) is 7.60. The van der Waals surface area contributed by atoms with Crippen LogP contribution in [0.4, 0.5) is 0 Å². The fourth-order valence-electron chi connectivity index (χ4n) is 13.5. The van der Waals surface area contributed by atoms with Crippen molar-refractivity contribution in [3.05, 3.63) is 68.8 Å². The van der Waals surface area contributed by atoms with E-state index < -0.39 is 79.3 Å². The van der Waals surface area contributed by atoms with Crippen molar-refractivity contribution in [2.24, 2.45) is 0 Å². The molecule has 0 atom stereocenters. The van der Waals surface area contributed by atoms with Crippen molar-refractivity contribution in [3.8, 4) is 46.0 Å². The molecule has 9 rings (SSSR count). The van der Waals surface area contributed by atoms with E-state index in [1.165, 1.54) is 0 Å². The zero-order valence-electron chi connectivity index (χ0n) is 47.6. The van der Waals surface area contributed by atoms with Crippen LogP contribution in [0.25, 0.3) is 0 Å². The highest BCUT2D eigenvalue weighted by atomic mass is 16.7. The molecular weight excluding hydrogens is 1020 g/mol. The normalized spacial score (nSPS) is 18.1. The van der Waals surface area contributed by atoms with Gasteiger partial charge >= 0.3 is 28.5 Å². The van der Waals surface area contributed by atoms with Gasteiger partial charge in [0.05, 0.1) is 21.9 Å². The number of unbranched alkanes of at least 4 members (excludes halogenated alkanes) is 16. The molecule has 0 saturated carbocycles. The summed E-state index contributed by atoms with van der Waals surface area (Å²) in [5.74, 6) is -1.22. The maximum absolute atomic E-state index is 11.8. The van der Waals surface area contributed by atoms with Gasteiger partial charge in [-0.05, 0) is 49.9 Å². The molecule has 8 bridgehead atoms. The van der Waals surface area contributed by atoms with Crippen LogP contribution in [0.15, 0.2) is 24.3 Å². The van der Waals surface area contributed by atoms with Crippen LogP contribution in [0.3, 0.4) is 0 Å². The molecule has 4 aliphatic heterocycles. The first-order valence-corrected chi connectivity index (χ1v) is 30.2. The third kappa shape index (κ3) is 12.4. The third-order valence-corrected chi connectivity index (χ3v) is 17.3. The topological polar surface area (TPSA) is 236 Å². The fourth-order valence-corrected chi connectivity index (χ4v) is 13.5. The molecule has 16 nitrogen and oxygen atoms in total. The Balaban J connectivity index is 1.47. The van der Waals surface area contributed by atoms with Crippen LogP contribution in [0, 0.1) is 0 Å². The van der Waals surface area contributed by atoms with E-state index in [1.807, 2.05) is 0 Å². The second-order valence-corrected chi connectivity index (χ2v) is 22.7. The Morgan fingerprint density at radius 2 is 0.438 bits per heavy atom. The lowest BCUT2D eigenvalue weighted by molar-refractivity contribution is 0.102. The van der Waals surface area contributed by atoms with Gasteiger partial charge in [-0.1, -0.05) is 156 Å². The SMILES string of the molecule is CCCCCCCC1c2cc3c4c(B(O)O)c2OCOc2c1cc1c(c2B(O)O)OCOc2c(cc5c(c2B(O)O)OCOc2c(cc(c(c2B(O)O)OCO4)C3CCCCCCC)C5CCCCCCC)C1CCCCCCC. The Morgan fingerprint density at radius 3 is 0.588 bits per heavy atom. The largest absolute Gasteiger partial charge is 0.496 e. The van der Waals surface area contributed by atoms with Crippen molar-refractivity contribution in [2.75, 3.05) is 27.2 Å². The first kappa shape index (κ1) is 59.8. The smallest absolute Gasteiger partial charge is 0.457 e. The Morgan fingerprint density at radius 1 is 0.275 bits per heavy atom. The van der Waals surface area contributed by atoms with E-state index in [0.29, 0.717) is 70.2 Å². The first-order valence-electron chi connectivity index (χ1n) is 30.2. The zero-order chi connectivity index (χ0) is 56.5. The van der Waals surface area contributed by atoms with Gasteiger partial charge in [0.1, 0.15) is 46.0 Å². The van der Waals surface area contributed by atoms with Crippen LogP contribution in [-0.4, -0.2) is 95.8 Å². The molecule has 1 aliphatic carbocycles. The minimum absolute atomic E-state index is 0.0118. The van der Waals surface area contributed by atoms with Gasteiger partial charge in [0.2, 0.25) is 27.2 Å². The summed E-state index contributed by atoms with van der Waals surface area (Å²) in [6.07, 6.45) is 20.8. The Bertz CT molecular complexity index is 2250. The van der Waals surface area contributed by atoms with Gasteiger partial charge in [0.15, 0.2) is 0 Å². The van der Waals surface area contributed by atoms with E-state index >= 15 is 0 Å². The maximum atomic E-state index is 11.8. The minimum Gasteiger partial charge on any atom is -0.457 e. The van der Waals surface area contributed by atoms with Gasteiger partial charge in [-0.25, -0.2) is 0 Å². The average molecular weight is 1100 g/mol. The van der Waals surface area contributed by atoms with Crippen LogP contribution in [0.1, 0.15) is 250 Å². The lowest BCUT2D eigenvalue weighted by Crippen LogP contribution is -2.41. The molecule has 0 amide bonds. The van der Waals surface area contributed by atoms with E-state index in [2.05, 4.69) is 52.0 Å². The summed E-state index contributed by atoms with van der Waals surface area (Å²) < 4.78 is 52.8. The van der Waals surface area contributed by atoms with Crippen molar-refractivity contribution >= 4 is 50.3 Å². The van der Waals surface area contributed by atoms with Crippen molar-refractivity contribution in [3.63, 3.8) is 0 Å². The Kier molecular flexibility index (Phi) is 20.9. The lowest BCUT2D eigenvalue weighted by atomic mass is 9.66. The Labute approximate surface area is 474 Å². The number of benzene rings is 4. The monoisotopic (exact) mass is 1100 g/mol. The highest BCUT2D eigenvalue weighted by Gasteiger charge is 2.45. The summed E-state index contributed by atoms with van der Waals surface area (Å²) in [6.45, 7) is 6.76. The second-order valence-electron chi connectivity index (χ2n) is 22.7. The summed E-state index contributed by atoms with van der Waals surface area (Å²) in [6, 6.07) is 8.21. The Hall–Kier alpha value is -4.78. The van der Waals surface area contributed by atoms with Crippen LogP contribution in [0.2, 0.25) is 0 Å². The lowest BCUT2D eigenvalue weighted by Gasteiger charge is -2.37. The molecule has 0 spiro atoms. The molecule has 4 aromatic carbocycles. The highest BCUT2D eigenvalue weighted by Crippen LogP contribution is 2.54. The van der Waals surface area contributed by atoms with E-state index in [4.69, 9.17) is 37.9 Å². The van der Waals surface area contributed by atoms with Crippen LogP contribution >= 0.6 is 0 Å². The van der Waals surface area contributed by atoms with Gasteiger partial charge in [0.25, 0.3) is 0 Å². The van der Waals surface area contributed by atoms with Crippen LogP contribution in [0.5, 0.6) is 46.0 Å². The first-order chi connectivity index (χ1) is 38.9. The maximum Gasteiger partial charge on any atom is 0.496 e. The van der Waals surface area contributed by atoms with Crippen molar-refractivity contribution in [2.45, 2.75) is 205 Å². The molecule has 432 valence electrons. The van der Waals surface area contributed by atoms with E-state index in [0.717, 1.165) is 128 Å². The van der Waals surface area contributed by atoms with Gasteiger partial charge in [-0.3, -0.25) is 0 Å².